The third-order valence-electron chi connectivity index (χ3n) is 5.58. The summed E-state index contributed by atoms with van der Waals surface area (Å²) in [5.74, 6) is -0.302. The third-order valence-corrected chi connectivity index (χ3v) is 5.83. The summed E-state index contributed by atoms with van der Waals surface area (Å²) >= 11 is 5.95. The van der Waals surface area contributed by atoms with Crippen LogP contribution in [0.2, 0.25) is 5.02 Å². The van der Waals surface area contributed by atoms with Crippen LogP contribution in [0.15, 0.2) is 72.8 Å². The second kappa shape index (κ2) is 7.50. The minimum atomic E-state index is -0.339. The molecule has 4 nitrogen and oxygen atoms in total. The highest BCUT2D eigenvalue weighted by Crippen LogP contribution is 2.38. The molecule has 0 fully saturated rings. The van der Waals surface area contributed by atoms with Gasteiger partial charge in [-0.15, -0.1) is 0 Å². The molecule has 0 saturated carbocycles. The number of hydrogen-bond acceptors (Lipinski definition) is 1. The molecule has 0 bridgehead atoms. The second-order valence-electron chi connectivity index (χ2n) is 7.40. The van der Waals surface area contributed by atoms with E-state index in [1.54, 1.807) is 41.3 Å². The number of carbonyl (C=O) groups excluding carboxylic acids is 1. The zero-order chi connectivity index (χ0) is 20.7. The van der Waals surface area contributed by atoms with E-state index in [0.29, 0.717) is 17.3 Å². The maximum Gasteiger partial charge on any atom is 0.322 e. The van der Waals surface area contributed by atoms with E-state index < -0.39 is 0 Å². The standard InChI is InChI=1S/C24H19ClFN3O/c25-16-7-11-18(12-8-16)27-24(30)29-14-13-20-19-3-1-2-4-21(19)28-22(20)23(29)15-5-9-17(26)10-6-15/h1-12,23,28H,13-14H2,(H,27,30). The van der Waals surface area contributed by atoms with Crippen LogP contribution in [0.4, 0.5) is 14.9 Å². The Morgan fingerprint density at radius 3 is 2.53 bits per heavy atom. The van der Waals surface area contributed by atoms with Gasteiger partial charge in [0.25, 0.3) is 0 Å². The normalized spacial score (nSPS) is 15.8. The number of rotatable bonds is 2. The van der Waals surface area contributed by atoms with Gasteiger partial charge in [0, 0.05) is 33.9 Å². The van der Waals surface area contributed by atoms with Crippen LogP contribution < -0.4 is 5.32 Å². The van der Waals surface area contributed by atoms with Crippen molar-refractivity contribution < 1.29 is 9.18 Å². The number of carbonyl (C=O) groups is 1. The lowest BCUT2D eigenvalue weighted by atomic mass is 9.92. The fraction of sp³-hybridized carbons (Fsp3) is 0.125. The van der Waals surface area contributed by atoms with Gasteiger partial charge < -0.3 is 15.2 Å². The maximum atomic E-state index is 13.6. The van der Waals surface area contributed by atoms with Crippen LogP contribution in [0.5, 0.6) is 0 Å². The Kier molecular flexibility index (Phi) is 4.68. The average Bonchev–Trinajstić information content (AvgIpc) is 3.14. The average molecular weight is 420 g/mol. The van der Waals surface area contributed by atoms with E-state index in [9.17, 15) is 9.18 Å². The molecule has 1 aliphatic rings. The number of nitrogens with one attached hydrogen (secondary N) is 2. The van der Waals surface area contributed by atoms with Crippen molar-refractivity contribution in [2.75, 3.05) is 11.9 Å². The quantitative estimate of drug-likeness (QED) is 0.402. The van der Waals surface area contributed by atoms with Gasteiger partial charge >= 0.3 is 6.03 Å². The molecule has 1 unspecified atom stereocenters. The fourth-order valence-electron chi connectivity index (χ4n) is 4.18. The molecular formula is C24H19ClFN3O. The van der Waals surface area contributed by atoms with E-state index in [0.717, 1.165) is 28.6 Å². The van der Waals surface area contributed by atoms with Crippen molar-refractivity contribution in [3.8, 4) is 0 Å². The molecule has 4 aromatic rings. The lowest BCUT2D eigenvalue weighted by molar-refractivity contribution is 0.193. The molecule has 0 saturated heterocycles. The number of amides is 2. The Hall–Kier alpha value is -3.31. The predicted octanol–water partition coefficient (Wildman–Crippen LogP) is 6.14. The summed E-state index contributed by atoms with van der Waals surface area (Å²) in [5, 5.41) is 4.73. The molecule has 3 aromatic carbocycles. The van der Waals surface area contributed by atoms with E-state index in [2.05, 4.69) is 16.4 Å². The zero-order valence-corrected chi connectivity index (χ0v) is 16.8. The summed E-state index contributed by atoms with van der Waals surface area (Å²) in [6.07, 6.45) is 0.741. The monoisotopic (exact) mass is 419 g/mol. The molecule has 2 heterocycles. The number of fused-ring (bicyclic) bond motifs is 3. The van der Waals surface area contributed by atoms with Gasteiger partial charge in [-0.3, -0.25) is 0 Å². The summed E-state index contributed by atoms with van der Waals surface area (Å²) in [6, 6.07) is 20.9. The molecule has 1 atom stereocenters. The molecule has 6 heteroatoms. The second-order valence-corrected chi connectivity index (χ2v) is 7.83. The van der Waals surface area contributed by atoms with Crippen molar-refractivity contribution in [1.82, 2.24) is 9.88 Å². The highest BCUT2D eigenvalue weighted by molar-refractivity contribution is 6.30. The van der Waals surface area contributed by atoms with Gasteiger partial charge in [-0.2, -0.15) is 0 Å². The summed E-state index contributed by atoms with van der Waals surface area (Å²) < 4.78 is 13.6. The van der Waals surface area contributed by atoms with Gasteiger partial charge in [0.2, 0.25) is 0 Å². The molecule has 1 aromatic heterocycles. The van der Waals surface area contributed by atoms with Crippen molar-refractivity contribution in [1.29, 1.82) is 0 Å². The Labute approximate surface area is 178 Å². The molecule has 2 amide bonds. The van der Waals surface area contributed by atoms with E-state index in [1.165, 1.54) is 17.7 Å². The molecule has 0 aliphatic carbocycles. The topological polar surface area (TPSA) is 48.1 Å². The fourth-order valence-corrected chi connectivity index (χ4v) is 4.31. The number of para-hydroxylation sites is 1. The molecule has 0 radical (unpaired) electrons. The number of urea groups is 1. The maximum absolute atomic E-state index is 13.6. The Balaban J connectivity index is 1.56. The number of halogens is 2. The van der Waals surface area contributed by atoms with E-state index >= 15 is 0 Å². The molecule has 30 heavy (non-hydrogen) atoms. The van der Waals surface area contributed by atoms with Crippen LogP contribution >= 0.6 is 11.6 Å². The van der Waals surface area contributed by atoms with Crippen molar-refractivity contribution >= 4 is 34.2 Å². The summed E-state index contributed by atoms with van der Waals surface area (Å²) in [6.45, 7) is 0.552. The Bertz CT molecular complexity index is 1220. The highest BCUT2D eigenvalue weighted by atomic mass is 35.5. The Morgan fingerprint density at radius 2 is 1.77 bits per heavy atom. The first-order valence-electron chi connectivity index (χ1n) is 9.78. The Morgan fingerprint density at radius 1 is 1.03 bits per heavy atom. The number of aromatic nitrogens is 1. The largest absolute Gasteiger partial charge is 0.356 e. The van der Waals surface area contributed by atoms with Gasteiger partial charge in [-0.25, -0.2) is 9.18 Å². The number of aromatic amines is 1. The number of H-pyrrole nitrogens is 1. The molecule has 1 aliphatic heterocycles. The van der Waals surface area contributed by atoms with Gasteiger partial charge in [0.05, 0.1) is 6.04 Å². The third kappa shape index (κ3) is 3.31. The predicted molar refractivity (Wildman–Crippen MR) is 117 cm³/mol. The van der Waals surface area contributed by atoms with E-state index in [1.807, 2.05) is 18.2 Å². The minimum absolute atomic E-state index is 0.212. The van der Waals surface area contributed by atoms with Gasteiger partial charge in [-0.05, 0) is 60.0 Å². The highest BCUT2D eigenvalue weighted by Gasteiger charge is 2.34. The molecule has 150 valence electrons. The summed E-state index contributed by atoms with van der Waals surface area (Å²) in [4.78, 5) is 18.5. The number of benzene rings is 3. The molecule has 5 rings (SSSR count). The van der Waals surface area contributed by atoms with Crippen LogP contribution in [0.1, 0.15) is 22.9 Å². The van der Waals surface area contributed by atoms with Crippen molar-refractivity contribution in [3.63, 3.8) is 0 Å². The van der Waals surface area contributed by atoms with Crippen molar-refractivity contribution in [2.45, 2.75) is 12.5 Å². The van der Waals surface area contributed by atoms with Crippen LogP contribution in [0.3, 0.4) is 0 Å². The lowest BCUT2D eigenvalue weighted by Crippen LogP contribution is -2.43. The van der Waals surface area contributed by atoms with Gasteiger partial charge in [0.15, 0.2) is 0 Å². The molecule has 2 N–H and O–H groups in total. The summed E-state index contributed by atoms with van der Waals surface area (Å²) in [5.41, 5.74) is 4.74. The zero-order valence-electron chi connectivity index (χ0n) is 16.0. The first kappa shape index (κ1) is 18.7. The smallest absolute Gasteiger partial charge is 0.322 e. The minimum Gasteiger partial charge on any atom is -0.356 e. The molecular weight excluding hydrogens is 401 g/mol. The number of anilines is 1. The van der Waals surface area contributed by atoms with Crippen molar-refractivity contribution in [3.05, 3.63) is 100 Å². The molecule has 0 spiro atoms. The van der Waals surface area contributed by atoms with Crippen LogP contribution in [-0.4, -0.2) is 22.5 Å². The van der Waals surface area contributed by atoms with Crippen LogP contribution in [-0.2, 0) is 6.42 Å². The van der Waals surface area contributed by atoms with E-state index in [4.69, 9.17) is 11.6 Å². The number of hydrogen-bond donors (Lipinski definition) is 2. The first-order valence-corrected chi connectivity index (χ1v) is 10.2. The van der Waals surface area contributed by atoms with Crippen LogP contribution in [0.25, 0.3) is 10.9 Å². The van der Waals surface area contributed by atoms with Crippen molar-refractivity contribution in [2.24, 2.45) is 0 Å². The van der Waals surface area contributed by atoms with E-state index in [-0.39, 0.29) is 17.9 Å². The van der Waals surface area contributed by atoms with Gasteiger partial charge in [0.1, 0.15) is 5.82 Å². The first-order chi connectivity index (χ1) is 14.6. The SMILES string of the molecule is O=C(Nc1ccc(Cl)cc1)N1CCc2c([nH]c3ccccc23)C1c1ccc(F)cc1. The lowest BCUT2D eigenvalue weighted by Gasteiger charge is -2.36. The van der Waals surface area contributed by atoms with Crippen LogP contribution in [0, 0.1) is 5.82 Å². The number of nitrogens with zero attached hydrogens (tertiary/aromatic N) is 1. The summed E-state index contributed by atoms with van der Waals surface area (Å²) in [7, 11) is 0. The van der Waals surface area contributed by atoms with Gasteiger partial charge in [-0.1, -0.05) is 41.9 Å².